The number of hydrogen-bond acceptors (Lipinski definition) is 5. The summed E-state index contributed by atoms with van der Waals surface area (Å²) in [6.07, 6.45) is 2.98. The van der Waals surface area contributed by atoms with Gasteiger partial charge in [-0.05, 0) is 44.7 Å². The van der Waals surface area contributed by atoms with Crippen LogP contribution in [0.25, 0.3) is 0 Å². The van der Waals surface area contributed by atoms with Gasteiger partial charge < -0.3 is 15.4 Å². The zero-order valence-corrected chi connectivity index (χ0v) is 14.1. The van der Waals surface area contributed by atoms with E-state index in [1.165, 1.54) is 6.92 Å². The van der Waals surface area contributed by atoms with Crippen LogP contribution in [0.2, 0.25) is 0 Å². The van der Waals surface area contributed by atoms with Crippen LogP contribution >= 0.6 is 0 Å². The van der Waals surface area contributed by atoms with Crippen LogP contribution in [0.3, 0.4) is 0 Å². The van der Waals surface area contributed by atoms with E-state index < -0.39 is 36.0 Å². The summed E-state index contributed by atoms with van der Waals surface area (Å²) in [6.45, 7) is 1.00. The minimum atomic E-state index is -0.892. The van der Waals surface area contributed by atoms with Gasteiger partial charge in [-0.25, -0.2) is 4.79 Å². The molecule has 7 heteroatoms. The van der Waals surface area contributed by atoms with E-state index in [0.29, 0.717) is 18.4 Å². The first-order valence-electron chi connectivity index (χ1n) is 8.20. The van der Waals surface area contributed by atoms with Crippen LogP contribution in [0.4, 0.5) is 0 Å². The topological polar surface area (TPSA) is 108 Å². The highest BCUT2D eigenvalue weighted by molar-refractivity contribution is 5.96. The molecular formula is C18H21N3O4. The van der Waals surface area contributed by atoms with E-state index in [4.69, 9.17) is 4.74 Å². The van der Waals surface area contributed by atoms with Crippen molar-refractivity contribution in [2.24, 2.45) is 0 Å². The Morgan fingerprint density at radius 3 is 2.48 bits per heavy atom. The predicted octanol–water partition coefficient (Wildman–Crippen LogP) is 1.30. The Morgan fingerprint density at radius 2 is 1.88 bits per heavy atom. The second-order valence-electron chi connectivity index (χ2n) is 6.12. The summed E-state index contributed by atoms with van der Waals surface area (Å²) in [7, 11) is 0. The number of nitrogens with one attached hydrogen (secondary N) is 2. The van der Waals surface area contributed by atoms with Gasteiger partial charge in [0.25, 0.3) is 11.8 Å². The Morgan fingerprint density at radius 1 is 1.24 bits per heavy atom. The highest BCUT2D eigenvalue weighted by atomic mass is 16.5. The highest BCUT2D eigenvalue weighted by Gasteiger charge is 2.35. The molecule has 1 aromatic carbocycles. The molecule has 0 radical (unpaired) electrons. The third-order valence-electron chi connectivity index (χ3n) is 4.13. The van der Waals surface area contributed by atoms with Gasteiger partial charge in [0.2, 0.25) is 0 Å². The number of nitriles is 1. The van der Waals surface area contributed by atoms with Crippen molar-refractivity contribution in [3.05, 3.63) is 35.9 Å². The number of esters is 1. The van der Waals surface area contributed by atoms with Gasteiger partial charge in [0.15, 0.2) is 6.61 Å². The number of hydrogen-bond donors (Lipinski definition) is 2. The molecule has 0 bridgehead atoms. The molecule has 2 amide bonds. The molecule has 1 fully saturated rings. The molecule has 0 aromatic heterocycles. The summed E-state index contributed by atoms with van der Waals surface area (Å²) >= 11 is 0. The zero-order chi connectivity index (χ0) is 18.3. The summed E-state index contributed by atoms with van der Waals surface area (Å²) < 4.78 is 4.93. The van der Waals surface area contributed by atoms with Crippen LogP contribution in [0.1, 0.15) is 43.0 Å². The monoisotopic (exact) mass is 343 g/mol. The van der Waals surface area contributed by atoms with Crippen molar-refractivity contribution in [2.75, 3.05) is 6.61 Å². The van der Waals surface area contributed by atoms with Crippen LogP contribution in [-0.4, -0.2) is 36.0 Å². The first kappa shape index (κ1) is 18.5. The molecule has 1 saturated carbocycles. The Bertz CT molecular complexity index is 675. The second-order valence-corrected chi connectivity index (χ2v) is 6.12. The number of carbonyl (C=O) groups excluding carboxylic acids is 3. The van der Waals surface area contributed by atoms with Crippen molar-refractivity contribution in [3.8, 4) is 6.07 Å². The first-order valence-corrected chi connectivity index (χ1v) is 8.20. The van der Waals surface area contributed by atoms with Gasteiger partial charge in [-0.3, -0.25) is 9.59 Å². The molecule has 0 spiro atoms. The Kier molecular flexibility index (Phi) is 6.12. The maximum absolute atomic E-state index is 12.0. The van der Waals surface area contributed by atoms with Crippen LogP contribution in [-0.2, 0) is 14.3 Å². The van der Waals surface area contributed by atoms with E-state index in [1.807, 2.05) is 0 Å². The van der Waals surface area contributed by atoms with Gasteiger partial charge in [-0.1, -0.05) is 18.2 Å². The van der Waals surface area contributed by atoms with Gasteiger partial charge in [0.1, 0.15) is 11.6 Å². The van der Waals surface area contributed by atoms with Gasteiger partial charge in [-0.2, -0.15) is 5.26 Å². The quantitative estimate of drug-likeness (QED) is 0.757. The van der Waals surface area contributed by atoms with Crippen LogP contribution < -0.4 is 10.6 Å². The Balaban J connectivity index is 1.78. The van der Waals surface area contributed by atoms with E-state index in [0.717, 1.165) is 12.8 Å². The lowest BCUT2D eigenvalue weighted by Crippen LogP contribution is -2.47. The lowest BCUT2D eigenvalue weighted by molar-refractivity contribution is -0.150. The third-order valence-corrected chi connectivity index (χ3v) is 4.13. The number of nitrogens with zero attached hydrogens (tertiary/aromatic N) is 1. The number of carbonyl (C=O) groups is 3. The van der Waals surface area contributed by atoms with E-state index in [2.05, 4.69) is 16.7 Å². The molecule has 132 valence electrons. The van der Waals surface area contributed by atoms with Gasteiger partial charge in [-0.15, -0.1) is 0 Å². The molecule has 1 atom stereocenters. The number of benzene rings is 1. The average Bonchev–Trinajstić information content (AvgIpc) is 3.09. The molecule has 7 nitrogen and oxygen atoms in total. The molecule has 2 rings (SSSR count). The van der Waals surface area contributed by atoms with E-state index in [-0.39, 0.29) is 0 Å². The predicted molar refractivity (Wildman–Crippen MR) is 89.3 cm³/mol. The fourth-order valence-electron chi connectivity index (χ4n) is 2.74. The Hall–Kier alpha value is -2.88. The summed E-state index contributed by atoms with van der Waals surface area (Å²) in [5, 5.41) is 14.4. The number of rotatable bonds is 6. The molecule has 0 unspecified atom stereocenters. The number of amides is 2. The van der Waals surface area contributed by atoms with Crippen molar-refractivity contribution < 1.29 is 19.1 Å². The van der Waals surface area contributed by atoms with Crippen LogP contribution in [0, 0.1) is 11.3 Å². The lowest BCUT2D eigenvalue weighted by atomic mass is 10.00. The third kappa shape index (κ3) is 5.05. The second kappa shape index (κ2) is 8.29. The Labute approximate surface area is 146 Å². The van der Waals surface area contributed by atoms with Gasteiger partial charge >= 0.3 is 5.97 Å². The molecule has 1 aliphatic carbocycles. The summed E-state index contributed by atoms with van der Waals surface area (Å²) in [5.74, 6) is -1.63. The van der Waals surface area contributed by atoms with E-state index >= 15 is 0 Å². The average molecular weight is 343 g/mol. The SMILES string of the molecule is C[C@H](NC(=O)c1ccccc1)C(=O)OCC(=O)NC1(C#N)CCCC1. The van der Waals surface area contributed by atoms with Crippen molar-refractivity contribution in [1.82, 2.24) is 10.6 Å². The van der Waals surface area contributed by atoms with Crippen molar-refractivity contribution in [2.45, 2.75) is 44.2 Å². The van der Waals surface area contributed by atoms with Gasteiger partial charge in [0.05, 0.1) is 6.07 Å². The van der Waals surface area contributed by atoms with Gasteiger partial charge in [0, 0.05) is 5.56 Å². The highest BCUT2D eigenvalue weighted by Crippen LogP contribution is 2.28. The standard InChI is InChI=1S/C18H21N3O4/c1-13(20-16(23)14-7-3-2-4-8-14)17(24)25-11-15(22)21-18(12-19)9-5-6-10-18/h2-4,7-8,13H,5-6,9-11H2,1H3,(H,20,23)(H,21,22)/t13-/m0/s1. The first-order chi connectivity index (χ1) is 12.0. The summed E-state index contributed by atoms with van der Waals surface area (Å²) in [4.78, 5) is 35.8. The largest absolute Gasteiger partial charge is 0.454 e. The van der Waals surface area contributed by atoms with E-state index in [9.17, 15) is 19.6 Å². The lowest BCUT2D eigenvalue weighted by Gasteiger charge is -2.22. The molecule has 2 N–H and O–H groups in total. The molecule has 0 aliphatic heterocycles. The summed E-state index contributed by atoms with van der Waals surface area (Å²) in [6, 6.07) is 9.72. The van der Waals surface area contributed by atoms with Crippen LogP contribution in [0.15, 0.2) is 30.3 Å². The van der Waals surface area contributed by atoms with Crippen molar-refractivity contribution in [3.63, 3.8) is 0 Å². The molecule has 0 heterocycles. The molecule has 25 heavy (non-hydrogen) atoms. The minimum absolute atomic E-state index is 0.399. The minimum Gasteiger partial charge on any atom is -0.454 e. The molecule has 0 saturated heterocycles. The zero-order valence-electron chi connectivity index (χ0n) is 14.1. The molecule has 1 aliphatic rings. The summed E-state index contributed by atoms with van der Waals surface area (Å²) in [5.41, 5.74) is -0.423. The van der Waals surface area contributed by atoms with Crippen LogP contribution in [0.5, 0.6) is 0 Å². The normalized spacial score (nSPS) is 16.3. The van der Waals surface area contributed by atoms with E-state index in [1.54, 1.807) is 30.3 Å². The molecule has 1 aromatic rings. The fourth-order valence-corrected chi connectivity index (χ4v) is 2.74. The van der Waals surface area contributed by atoms with Crippen molar-refractivity contribution >= 4 is 17.8 Å². The molecular weight excluding hydrogens is 322 g/mol. The fraction of sp³-hybridized carbons (Fsp3) is 0.444. The number of ether oxygens (including phenoxy) is 1. The maximum atomic E-state index is 12.0. The van der Waals surface area contributed by atoms with Crippen molar-refractivity contribution in [1.29, 1.82) is 5.26 Å². The maximum Gasteiger partial charge on any atom is 0.328 e. The smallest absolute Gasteiger partial charge is 0.328 e.